The Bertz CT molecular complexity index is 291. The zero-order chi connectivity index (χ0) is 11.8. The van der Waals surface area contributed by atoms with Gasteiger partial charge in [0.1, 0.15) is 13.4 Å². The molecule has 1 aliphatic heterocycles. The van der Waals surface area contributed by atoms with Crippen molar-refractivity contribution < 1.29 is 19.0 Å². The van der Waals surface area contributed by atoms with Gasteiger partial charge in [0.2, 0.25) is 0 Å². The third-order valence-electron chi connectivity index (χ3n) is 2.24. The lowest BCUT2D eigenvalue weighted by atomic mass is 10.1. The van der Waals surface area contributed by atoms with Crippen LogP contribution < -0.4 is 0 Å². The second-order valence-electron chi connectivity index (χ2n) is 3.67. The molecule has 0 atom stereocenters. The van der Waals surface area contributed by atoms with Crippen molar-refractivity contribution in [2.75, 3.05) is 27.1 Å². The third-order valence-corrected chi connectivity index (χ3v) is 2.24. The lowest BCUT2D eigenvalue weighted by Gasteiger charge is -2.03. The summed E-state index contributed by atoms with van der Waals surface area (Å²) in [6.07, 6.45) is 5.48. The van der Waals surface area contributed by atoms with Gasteiger partial charge in [-0.15, -0.1) is 0 Å². The summed E-state index contributed by atoms with van der Waals surface area (Å²) in [5.41, 5.74) is 1.92. The summed E-state index contributed by atoms with van der Waals surface area (Å²) in [6, 6.07) is 0. The third kappa shape index (κ3) is 4.59. The minimum atomic E-state index is -0.179. The fraction of sp³-hybridized carbons (Fsp3) is 0.583. The Morgan fingerprint density at radius 3 is 3.06 bits per heavy atom. The van der Waals surface area contributed by atoms with E-state index in [0.29, 0.717) is 20.0 Å². The van der Waals surface area contributed by atoms with E-state index in [1.165, 1.54) is 0 Å². The Labute approximate surface area is 95.9 Å². The van der Waals surface area contributed by atoms with Crippen LogP contribution >= 0.6 is 0 Å². The average Bonchev–Trinajstić information content (AvgIpc) is 2.65. The first-order chi connectivity index (χ1) is 7.74. The number of methoxy groups -OCH3 is 1. The van der Waals surface area contributed by atoms with Crippen LogP contribution in [0.5, 0.6) is 0 Å². The molecule has 90 valence electrons. The number of allylic oxidation sites excluding steroid dienone is 1. The van der Waals surface area contributed by atoms with Crippen molar-refractivity contribution in [1.29, 1.82) is 0 Å². The maximum Gasteiger partial charge on any atom is 0.334 e. The largest absolute Gasteiger partial charge is 0.458 e. The Kier molecular flexibility index (Phi) is 5.82. The van der Waals surface area contributed by atoms with Gasteiger partial charge in [0, 0.05) is 12.7 Å². The molecule has 0 aliphatic carbocycles. The molecule has 16 heavy (non-hydrogen) atoms. The van der Waals surface area contributed by atoms with Crippen molar-refractivity contribution in [2.24, 2.45) is 0 Å². The fourth-order valence-electron chi connectivity index (χ4n) is 1.42. The minimum Gasteiger partial charge on any atom is -0.458 e. The van der Waals surface area contributed by atoms with E-state index in [1.807, 2.05) is 13.0 Å². The van der Waals surface area contributed by atoms with Crippen LogP contribution in [0.2, 0.25) is 0 Å². The van der Waals surface area contributed by atoms with Crippen molar-refractivity contribution >= 4 is 5.97 Å². The molecule has 4 nitrogen and oxygen atoms in total. The number of hydrogen-bond acceptors (Lipinski definition) is 4. The lowest BCUT2D eigenvalue weighted by Crippen LogP contribution is -2.00. The molecule has 0 N–H and O–H groups in total. The van der Waals surface area contributed by atoms with Crippen molar-refractivity contribution in [3.8, 4) is 0 Å². The van der Waals surface area contributed by atoms with Gasteiger partial charge in [-0.2, -0.15) is 0 Å². The minimum absolute atomic E-state index is 0.179. The number of carbonyl (C=O) groups is 1. The van der Waals surface area contributed by atoms with Gasteiger partial charge in [-0.25, -0.2) is 4.79 Å². The normalized spacial score (nSPS) is 16.2. The first kappa shape index (κ1) is 12.9. The molecule has 0 aromatic carbocycles. The van der Waals surface area contributed by atoms with E-state index in [9.17, 15) is 4.79 Å². The Morgan fingerprint density at radius 2 is 2.44 bits per heavy atom. The first-order valence-electron chi connectivity index (χ1n) is 5.32. The molecule has 0 aromatic rings. The predicted octanol–water partition coefficient (Wildman–Crippen LogP) is 1.82. The second kappa shape index (κ2) is 7.19. The Morgan fingerprint density at radius 1 is 1.62 bits per heavy atom. The van der Waals surface area contributed by atoms with Crippen LogP contribution in [0.1, 0.15) is 19.8 Å². The van der Waals surface area contributed by atoms with Crippen LogP contribution in [0.25, 0.3) is 0 Å². The number of rotatable bonds is 7. The predicted molar refractivity (Wildman–Crippen MR) is 59.9 cm³/mol. The standard InChI is InChI=1S/C12H18O4/c1-10(8-15-9-14-2)4-3-5-11-6-7-16-12(11)13/h4,6H,3,5,7-9H2,1-2H3/b10-4+. The maximum absolute atomic E-state index is 11.1. The molecule has 0 unspecified atom stereocenters. The van der Waals surface area contributed by atoms with Crippen LogP contribution in [-0.2, 0) is 19.0 Å². The fourth-order valence-corrected chi connectivity index (χ4v) is 1.42. The van der Waals surface area contributed by atoms with Crippen molar-refractivity contribution in [3.05, 3.63) is 23.3 Å². The summed E-state index contributed by atoms with van der Waals surface area (Å²) in [4.78, 5) is 11.1. The van der Waals surface area contributed by atoms with Gasteiger partial charge in [0.25, 0.3) is 0 Å². The summed E-state index contributed by atoms with van der Waals surface area (Å²) < 4.78 is 14.8. The highest BCUT2D eigenvalue weighted by Crippen LogP contribution is 2.14. The number of ether oxygens (including phenoxy) is 3. The van der Waals surface area contributed by atoms with E-state index in [-0.39, 0.29) is 5.97 Å². The molecule has 0 radical (unpaired) electrons. The summed E-state index contributed by atoms with van der Waals surface area (Å²) >= 11 is 0. The van der Waals surface area contributed by atoms with Crippen LogP contribution in [-0.4, -0.2) is 33.1 Å². The average molecular weight is 226 g/mol. The number of carbonyl (C=O) groups excluding carboxylic acids is 1. The van der Waals surface area contributed by atoms with E-state index < -0.39 is 0 Å². The SMILES string of the molecule is COCOC/C(C)=C/CCC1=CCOC1=O. The molecular formula is C12H18O4. The molecule has 0 spiro atoms. The summed E-state index contributed by atoms with van der Waals surface area (Å²) in [5, 5.41) is 0. The molecule has 1 rings (SSSR count). The molecular weight excluding hydrogens is 208 g/mol. The highest BCUT2D eigenvalue weighted by molar-refractivity contribution is 5.90. The van der Waals surface area contributed by atoms with Crippen LogP contribution in [0.3, 0.4) is 0 Å². The Balaban J connectivity index is 2.17. The van der Waals surface area contributed by atoms with Crippen LogP contribution in [0, 0.1) is 0 Å². The number of hydrogen-bond donors (Lipinski definition) is 0. The highest BCUT2D eigenvalue weighted by atomic mass is 16.7. The molecule has 0 aromatic heterocycles. The molecule has 1 aliphatic rings. The zero-order valence-electron chi connectivity index (χ0n) is 9.82. The van der Waals surface area contributed by atoms with Crippen molar-refractivity contribution in [2.45, 2.75) is 19.8 Å². The molecule has 1 heterocycles. The van der Waals surface area contributed by atoms with Gasteiger partial charge in [-0.3, -0.25) is 0 Å². The summed E-state index contributed by atoms with van der Waals surface area (Å²) in [5.74, 6) is -0.179. The molecule has 0 bridgehead atoms. The van der Waals surface area contributed by atoms with E-state index in [2.05, 4.69) is 6.08 Å². The van der Waals surface area contributed by atoms with E-state index in [0.717, 1.165) is 24.0 Å². The molecule has 0 amide bonds. The van der Waals surface area contributed by atoms with Gasteiger partial charge in [0.15, 0.2) is 0 Å². The molecule has 0 saturated carbocycles. The molecule has 0 fully saturated rings. The maximum atomic E-state index is 11.1. The molecule has 4 heteroatoms. The smallest absolute Gasteiger partial charge is 0.334 e. The van der Waals surface area contributed by atoms with Crippen LogP contribution in [0.4, 0.5) is 0 Å². The quantitative estimate of drug-likeness (QED) is 0.287. The number of cyclic esters (lactones) is 1. The van der Waals surface area contributed by atoms with Crippen molar-refractivity contribution in [3.63, 3.8) is 0 Å². The number of esters is 1. The van der Waals surface area contributed by atoms with Gasteiger partial charge >= 0.3 is 5.97 Å². The monoisotopic (exact) mass is 226 g/mol. The first-order valence-corrected chi connectivity index (χ1v) is 5.32. The zero-order valence-corrected chi connectivity index (χ0v) is 9.82. The summed E-state index contributed by atoms with van der Waals surface area (Å²) in [7, 11) is 1.59. The topological polar surface area (TPSA) is 44.8 Å². The Hall–Kier alpha value is -1.13. The highest BCUT2D eigenvalue weighted by Gasteiger charge is 2.14. The van der Waals surface area contributed by atoms with Gasteiger partial charge in [-0.1, -0.05) is 11.6 Å². The lowest BCUT2D eigenvalue weighted by molar-refractivity contribution is -0.136. The van der Waals surface area contributed by atoms with Gasteiger partial charge < -0.3 is 14.2 Å². The van der Waals surface area contributed by atoms with E-state index >= 15 is 0 Å². The van der Waals surface area contributed by atoms with Crippen LogP contribution in [0.15, 0.2) is 23.3 Å². The summed E-state index contributed by atoms with van der Waals surface area (Å²) in [6.45, 7) is 3.30. The van der Waals surface area contributed by atoms with Gasteiger partial charge in [0.05, 0.1) is 6.61 Å². The van der Waals surface area contributed by atoms with Crippen molar-refractivity contribution in [1.82, 2.24) is 0 Å². The van der Waals surface area contributed by atoms with E-state index in [1.54, 1.807) is 7.11 Å². The van der Waals surface area contributed by atoms with E-state index in [4.69, 9.17) is 14.2 Å². The van der Waals surface area contributed by atoms with Gasteiger partial charge in [-0.05, 0) is 25.8 Å². The molecule has 0 saturated heterocycles. The second-order valence-corrected chi connectivity index (χ2v) is 3.67.